The Balaban J connectivity index is 1.35. The van der Waals surface area contributed by atoms with Crippen molar-refractivity contribution in [2.75, 3.05) is 0 Å². The van der Waals surface area contributed by atoms with Gasteiger partial charge in [-0.3, -0.25) is 9.55 Å². The topological polar surface area (TPSA) is 50.9 Å². The monoisotopic (exact) mass is 627 g/mol. The van der Waals surface area contributed by atoms with Crippen molar-refractivity contribution in [1.29, 1.82) is 0 Å². The summed E-state index contributed by atoms with van der Waals surface area (Å²) in [5.41, 5.74) is 12.6. The molecule has 7 rings (SSSR count). The quantitative estimate of drug-likeness (QED) is 0.207. The fraction of sp³-hybridized carbons (Fsp3) is 0.182. The van der Waals surface area contributed by atoms with E-state index >= 15 is 0 Å². The first-order valence-electron chi connectivity index (χ1n) is 16.6. The van der Waals surface area contributed by atoms with Gasteiger partial charge in [0.15, 0.2) is 0 Å². The number of hydrogen-bond donors (Lipinski definition) is 1. The molecule has 0 saturated heterocycles. The number of para-hydroxylation sites is 3. The summed E-state index contributed by atoms with van der Waals surface area (Å²) in [7, 11) is 0. The molecule has 0 bridgehead atoms. The third-order valence-corrected chi connectivity index (χ3v) is 9.07. The lowest BCUT2D eigenvalue weighted by Crippen LogP contribution is -2.16. The highest BCUT2D eigenvalue weighted by Crippen LogP contribution is 2.39. The van der Waals surface area contributed by atoms with Crippen molar-refractivity contribution >= 4 is 11.0 Å². The molecular weight excluding hydrogens is 587 g/mol. The molecule has 2 aromatic heterocycles. The molecule has 0 fully saturated rings. The Morgan fingerprint density at radius 3 is 1.90 bits per heavy atom. The van der Waals surface area contributed by atoms with Crippen molar-refractivity contribution in [1.82, 2.24) is 14.5 Å². The number of phenols is 1. The molecule has 1 N–H and O–H groups in total. The second kappa shape index (κ2) is 12.0. The van der Waals surface area contributed by atoms with Crippen molar-refractivity contribution in [2.45, 2.75) is 52.4 Å². The molecule has 5 aromatic carbocycles. The first-order chi connectivity index (χ1) is 23.0. The summed E-state index contributed by atoms with van der Waals surface area (Å²) in [5, 5.41) is 10.9. The van der Waals surface area contributed by atoms with Crippen LogP contribution in [0.3, 0.4) is 0 Å². The van der Waals surface area contributed by atoms with Gasteiger partial charge in [-0.25, -0.2) is 4.98 Å². The van der Waals surface area contributed by atoms with Gasteiger partial charge in [0.05, 0.1) is 22.3 Å². The maximum absolute atomic E-state index is 10.9. The van der Waals surface area contributed by atoms with Gasteiger partial charge in [0.2, 0.25) is 0 Å². The second-order valence-electron chi connectivity index (χ2n) is 14.6. The zero-order valence-electron chi connectivity index (χ0n) is 28.5. The Kier molecular flexibility index (Phi) is 7.75. The second-order valence-corrected chi connectivity index (χ2v) is 14.6. The fourth-order valence-corrected chi connectivity index (χ4v) is 6.29. The Labute approximate surface area is 283 Å². The number of fused-ring (bicyclic) bond motifs is 1. The van der Waals surface area contributed by atoms with E-state index in [4.69, 9.17) is 9.97 Å². The van der Waals surface area contributed by atoms with Crippen LogP contribution in [0.25, 0.3) is 61.6 Å². The summed E-state index contributed by atoms with van der Waals surface area (Å²) in [6.07, 6.45) is 1.92. The summed E-state index contributed by atoms with van der Waals surface area (Å²) < 4.78 is 2.13. The smallest absolute Gasteiger partial charge is 0.149 e. The largest absolute Gasteiger partial charge is 0.507 e. The number of imidazole rings is 1. The van der Waals surface area contributed by atoms with E-state index in [1.54, 1.807) is 6.07 Å². The first-order valence-corrected chi connectivity index (χ1v) is 16.6. The van der Waals surface area contributed by atoms with E-state index in [0.717, 1.165) is 44.7 Å². The van der Waals surface area contributed by atoms with E-state index in [-0.39, 0.29) is 16.6 Å². The van der Waals surface area contributed by atoms with Gasteiger partial charge in [-0.05, 0) is 87.2 Å². The van der Waals surface area contributed by atoms with Crippen LogP contribution in [0.5, 0.6) is 5.75 Å². The summed E-state index contributed by atoms with van der Waals surface area (Å²) in [4.78, 5) is 10.0. The molecule has 0 aliphatic rings. The molecule has 2 heterocycles. The van der Waals surface area contributed by atoms with Gasteiger partial charge in [-0.15, -0.1) is 0 Å². The summed E-state index contributed by atoms with van der Waals surface area (Å²) >= 11 is 0. The molecule has 238 valence electrons. The van der Waals surface area contributed by atoms with Crippen LogP contribution in [-0.4, -0.2) is 19.6 Å². The average Bonchev–Trinajstić information content (AvgIpc) is 3.47. The lowest BCUT2D eigenvalue weighted by Gasteiger charge is -2.26. The number of nitrogens with zero attached hydrogens (tertiary/aromatic N) is 3. The Morgan fingerprint density at radius 2 is 1.19 bits per heavy atom. The van der Waals surface area contributed by atoms with Crippen molar-refractivity contribution in [2.24, 2.45) is 0 Å². The Bertz CT molecular complexity index is 2230. The molecule has 0 saturated carbocycles. The molecule has 0 radical (unpaired) electrons. The number of aromatic hydroxyl groups is 1. The third kappa shape index (κ3) is 5.91. The number of phenolic OH excluding ortho intramolecular Hbond substituents is 1. The molecule has 0 atom stereocenters. The molecule has 7 aromatic rings. The Hall–Kier alpha value is -5.48. The average molecular weight is 628 g/mol. The minimum atomic E-state index is 0.0356. The first kappa shape index (κ1) is 31.1. The standard InChI is InChI=1S/C44H41N3O/c1-43(2,3)33-25-32(26-34(28-33)44(4,5)6)29-22-23-45-38(27-29)31-15-12-14-30(24-31)36-19-13-20-39-41(36)46-42(37-18-10-11-21-40(37)48)47(39)35-16-8-7-9-17-35/h7-28,48H,1-6H3. The third-order valence-electron chi connectivity index (χ3n) is 9.07. The van der Waals surface area contributed by atoms with Gasteiger partial charge in [-0.1, -0.05) is 120 Å². The van der Waals surface area contributed by atoms with E-state index in [1.807, 2.05) is 42.6 Å². The van der Waals surface area contributed by atoms with E-state index in [1.165, 1.54) is 16.7 Å². The van der Waals surface area contributed by atoms with E-state index in [9.17, 15) is 5.11 Å². The number of rotatable bonds is 5. The van der Waals surface area contributed by atoms with Crippen LogP contribution in [0.4, 0.5) is 0 Å². The van der Waals surface area contributed by atoms with Crippen LogP contribution in [-0.2, 0) is 10.8 Å². The molecule has 0 amide bonds. The van der Waals surface area contributed by atoms with E-state index in [0.29, 0.717) is 11.4 Å². The van der Waals surface area contributed by atoms with E-state index in [2.05, 4.69) is 131 Å². The lowest BCUT2D eigenvalue weighted by molar-refractivity contribution is 0.477. The maximum Gasteiger partial charge on any atom is 0.149 e. The minimum Gasteiger partial charge on any atom is -0.507 e. The predicted octanol–water partition coefficient (Wildman–Crippen LogP) is 11.4. The SMILES string of the molecule is CC(C)(C)c1cc(-c2ccnc(-c3cccc(-c4cccc5c4nc(-c4ccccc4O)n5-c4ccccc4)c3)c2)cc(C(C)(C)C)c1. The summed E-state index contributed by atoms with van der Waals surface area (Å²) in [5.74, 6) is 0.890. The summed E-state index contributed by atoms with van der Waals surface area (Å²) in [6.45, 7) is 13.6. The van der Waals surface area contributed by atoms with Crippen LogP contribution in [0.2, 0.25) is 0 Å². The number of hydrogen-bond acceptors (Lipinski definition) is 3. The highest BCUT2D eigenvalue weighted by atomic mass is 16.3. The zero-order valence-corrected chi connectivity index (χ0v) is 28.5. The van der Waals surface area contributed by atoms with Gasteiger partial charge in [-0.2, -0.15) is 0 Å². The van der Waals surface area contributed by atoms with Crippen LogP contribution >= 0.6 is 0 Å². The maximum atomic E-state index is 10.9. The fourth-order valence-electron chi connectivity index (χ4n) is 6.29. The van der Waals surface area contributed by atoms with Gasteiger partial charge >= 0.3 is 0 Å². The summed E-state index contributed by atoms with van der Waals surface area (Å²) in [6, 6.07) is 43.7. The molecule has 48 heavy (non-hydrogen) atoms. The highest BCUT2D eigenvalue weighted by Gasteiger charge is 2.22. The van der Waals surface area contributed by atoms with Crippen molar-refractivity contribution in [3.05, 3.63) is 145 Å². The van der Waals surface area contributed by atoms with Gasteiger partial charge in [0.25, 0.3) is 0 Å². The zero-order chi connectivity index (χ0) is 33.6. The molecule has 0 aliphatic heterocycles. The van der Waals surface area contributed by atoms with Gasteiger partial charge in [0, 0.05) is 23.0 Å². The number of benzene rings is 5. The van der Waals surface area contributed by atoms with Crippen molar-refractivity contribution < 1.29 is 5.11 Å². The molecule has 0 unspecified atom stereocenters. The van der Waals surface area contributed by atoms with Crippen molar-refractivity contribution in [3.8, 4) is 56.3 Å². The van der Waals surface area contributed by atoms with Gasteiger partial charge < -0.3 is 5.11 Å². The molecule has 4 nitrogen and oxygen atoms in total. The molecule has 4 heteroatoms. The predicted molar refractivity (Wildman–Crippen MR) is 200 cm³/mol. The molecular formula is C44H41N3O. The highest BCUT2D eigenvalue weighted by molar-refractivity contribution is 5.96. The van der Waals surface area contributed by atoms with Crippen LogP contribution < -0.4 is 0 Å². The van der Waals surface area contributed by atoms with Crippen LogP contribution in [0, 0.1) is 0 Å². The molecule has 0 spiro atoms. The number of aromatic nitrogens is 3. The minimum absolute atomic E-state index is 0.0356. The van der Waals surface area contributed by atoms with Crippen LogP contribution in [0.15, 0.2) is 134 Å². The Morgan fingerprint density at radius 1 is 0.542 bits per heavy atom. The van der Waals surface area contributed by atoms with Crippen LogP contribution in [0.1, 0.15) is 52.7 Å². The molecule has 0 aliphatic carbocycles. The normalized spacial score (nSPS) is 12.0. The van der Waals surface area contributed by atoms with Gasteiger partial charge in [0.1, 0.15) is 11.6 Å². The van der Waals surface area contributed by atoms with Crippen molar-refractivity contribution in [3.63, 3.8) is 0 Å². The number of pyridine rings is 1. The van der Waals surface area contributed by atoms with E-state index < -0.39 is 0 Å². The lowest BCUT2D eigenvalue weighted by atomic mass is 9.79.